The number of piperidine rings is 1. The molecule has 0 aromatic carbocycles. The Balaban J connectivity index is 1.60. The number of likely N-dealkylation sites (tertiary alicyclic amines) is 1. The maximum Gasteiger partial charge on any atom is 0.263 e. The fraction of sp³-hybridized carbons (Fsp3) is 0.600. The van der Waals surface area contributed by atoms with Crippen LogP contribution in [0.4, 0.5) is 4.39 Å². The number of morpholine rings is 1. The normalized spacial score (nSPS) is 21.7. The summed E-state index contributed by atoms with van der Waals surface area (Å²) in [5.41, 5.74) is -1.84. The summed E-state index contributed by atoms with van der Waals surface area (Å²) in [5, 5.41) is 1.85. The number of nitrogens with zero attached hydrogens (tertiary/aromatic N) is 2. The van der Waals surface area contributed by atoms with Gasteiger partial charge in [0.25, 0.3) is 11.8 Å². The van der Waals surface area contributed by atoms with Crippen molar-refractivity contribution in [1.29, 1.82) is 0 Å². The van der Waals surface area contributed by atoms with Gasteiger partial charge in [0.05, 0.1) is 18.1 Å². The van der Waals surface area contributed by atoms with E-state index < -0.39 is 11.6 Å². The van der Waals surface area contributed by atoms with E-state index in [-0.39, 0.29) is 31.8 Å². The zero-order valence-electron chi connectivity index (χ0n) is 12.3. The second-order valence-corrected chi connectivity index (χ2v) is 6.59. The van der Waals surface area contributed by atoms with Crippen molar-refractivity contribution in [3.8, 4) is 0 Å². The number of hydrogen-bond donors (Lipinski definition) is 0. The van der Waals surface area contributed by atoms with E-state index in [1.165, 1.54) is 11.3 Å². The minimum Gasteiger partial charge on any atom is -0.378 e. The predicted molar refractivity (Wildman–Crippen MR) is 80.7 cm³/mol. The van der Waals surface area contributed by atoms with Crippen LogP contribution in [0.3, 0.4) is 0 Å². The lowest BCUT2D eigenvalue weighted by Crippen LogP contribution is -2.55. The van der Waals surface area contributed by atoms with Gasteiger partial charge in [-0.2, -0.15) is 0 Å². The summed E-state index contributed by atoms with van der Waals surface area (Å²) in [4.78, 5) is 28.5. The highest BCUT2D eigenvalue weighted by molar-refractivity contribution is 7.12. The number of carbonyl (C=O) groups excluding carboxylic acids is 2. The summed E-state index contributed by atoms with van der Waals surface area (Å²) in [5.74, 6) is -0.519. The Labute approximate surface area is 132 Å². The summed E-state index contributed by atoms with van der Waals surface area (Å²) in [7, 11) is 0. The van der Waals surface area contributed by atoms with Gasteiger partial charge in [-0.3, -0.25) is 9.59 Å². The first kappa shape index (κ1) is 15.4. The highest BCUT2D eigenvalue weighted by Gasteiger charge is 2.45. The van der Waals surface area contributed by atoms with Crippen LogP contribution in [0.2, 0.25) is 0 Å². The van der Waals surface area contributed by atoms with E-state index in [0.29, 0.717) is 31.2 Å². The summed E-state index contributed by atoms with van der Waals surface area (Å²) in [6, 6.07) is 3.59. The molecule has 0 atom stereocenters. The molecule has 120 valence electrons. The van der Waals surface area contributed by atoms with E-state index in [9.17, 15) is 14.0 Å². The molecule has 7 heteroatoms. The summed E-state index contributed by atoms with van der Waals surface area (Å²) in [6.07, 6.45) is 0.139. The van der Waals surface area contributed by atoms with E-state index in [2.05, 4.69) is 0 Å². The van der Waals surface area contributed by atoms with Crippen LogP contribution < -0.4 is 0 Å². The highest BCUT2D eigenvalue weighted by atomic mass is 32.1. The first-order valence-corrected chi connectivity index (χ1v) is 8.37. The van der Waals surface area contributed by atoms with Crippen molar-refractivity contribution in [3.63, 3.8) is 0 Å². The number of thiophene rings is 1. The van der Waals surface area contributed by atoms with Crippen molar-refractivity contribution in [1.82, 2.24) is 9.80 Å². The van der Waals surface area contributed by atoms with Crippen molar-refractivity contribution in [3.05, 3.63) is 22.4 Å². The third-order valence-electron chi connectivity index (χ3n) is 4.26. The Hall–Kier alpha value is -1.47. The maximum absolute atomic E-state index is 15.0. The molecule has 1 aromatic rings. The lowest BCUT2D eigenvalue weighted by molar-refractivity contribution is -0.151. The fourth-order valence-corrected chi connectivity index (χ4v) is 3.57. The van der Waals surface area contributed by atoms with E-state index >= 15 is 0 Å². The molecule has 0 unspecified atom stereocenters. The fourth-order valence-electron chi connectivity index (χ4n) is 2.88. The quantitative estimate of drug-likeness (QED) is 0.828. The molecular weight excluding hydrogens is 307 g/mol. The van der Waals surface area contributed by atoms with Crippen molar-refractivity contribution >= 4 is 23.2 Å². The van der Waals surface area contributed by atoms with Crippen molar-refractivity contribution in [2.75, 3.05) is 39.4 Å². The first-order chi connectivity index (χ1) is 10.6. The lowest BCUT2D eigenvalue weighted by Gasteiger charge is -2.39. The SMILES string of the molecule is O=C(c1cccs1)N1CCC(F)(C(=O)N2CCOCC2)CC1. The Morgan fingerprint density at radius 3 is 2.41 bits per heavy atom. The van der Waals surface area contributed by atoms with Crippen LogP contribution >= 0.6 is 11.3 Å². The highest BCUT2D eigenvalue weighted by Crippen LogP contribution is 2.30. The molecule has 2 aliphatic heterocycles. The predicted octanol–water partition coefficient (Wildman–Crippen LogP) is 1.55. The zero-order valence-corrected chi connectivity index (χ0v) is 13.1. The van der Waals surface area contributed by atoms with Gasteiger partial charge in [-0.25, -0.2) is 4.39 Å². The number of hydrogen-bond acceptors (Lipinski definition) is 4. The molecule has 3 heterocycles. The minimum absolute atomic E-state index is 0.0697. The van der Waals surface area contributed by atoms with Gasteiger partial charge in [-0.05, 0) is 11.4 Å². The summed E-state index contributed by atoms with van der Waals surface area (Å²) in [6.45, 7) is 2.38. The smallest absolute Gasteiger partial charge is 0.263 e. The number of carbonyl (C=O) groups is 2. The number of halogens is 1. The monoisotopic (exact) mass is 326 g/mol. The van der Waals surface area contributed by atoms with Crippen LogP contribution in [0.5, 0.6) is 0 Å². The van der Waals surface area contributed by atoms with Crippen LogP contribution in [-0.2, 0) is 9.53 Å². The Bertz CT molecular complexity index is 535. The van der Waals surface area contributed by atoms with E-state index in [0.717, 1.165) is 0 Å². The summed E-state index contributed by atoms with van der Waals surface area (Å²) < 4.78 is 20.2. The standard InChI is InChI=1S/C15H19FN2O3S/c16-15(14(20)18-7-9-21-10-8-18)3-5-17(6-4-15)13(19)12-2-1-11-22-12/h1-2,11H,3-10H2. The number of amides is 2. The van der Waals surface area contributed by atoms with E-state index in [4.69, 9.17) is 4.74 Å². The van der Waals surface area contributed by atoms with E-state index in [1.807, 2.05) is 11.4 Å². The maximum atomic E-state index is 15.0. The number of ether oxygens (including phenoxy) is 1. The van der Waals surface area contributed by atoms with Crippen LogP contribution in [0.15, 0.2) is 17.5 Å². The average molecular weight is 326 g/mol. The van der Waals surface area contributed by atoms with Gasteiger partial charge in [0.2, 0.25) is 0 Å². The van der Waals surface area contributed by atoms with Gasteiger partial charge in [0, 0.05) is 39.0 Å². The molecule has 2 aliphatic rings. The lowest BCUT2D eigenvalue weighted by atomic mass is 9.91. The van der Waals surface area contributed by atoms with Crippen LogP contribution in [0.1, 0.15) is 22.5 Å². The first-order valence-electron chi connectivity index (χ1n) is 7.49. The van der Waals surface area contributed by atoms with Gasteiger partial charge in [0.1, 0.15) is 0 Å². The number of rotatable bonds is 2. The molecule has 1 aromatic heterocycles. The van der Waals surface area contributed by atoms with Crippen LogP contribution in [0.25, 0.3) is 0 Å². The largest absolute Gasteiger partial charge is 0.378 e. The molecular formula is C15H19FN2O3S. The Morgan fingerprint density at radius 2 is 1.82 bits per heavy atom. The molecule has 0 bridgehead atoms. The molecule has 5 nitrogen and oxygen atoms in total. The van der Waals surface area contributed by atoms with Crippen molar-refractivity contribution < 1.29 is 18.7 Å². The molecule has 0 radical (unpaired) electrons. The molecule has 0 saturated carbocycles. The van der Waals surface area contributed by atoms with Gasteiger partial charge >= 0.3 is 0 Å². The van der Waals surface area contributed by atoms with Gasteiger partial charge in [-0.15, -0.1) is 11.3 Å². The molecule has 3 rings (SSSR count). The minimum atomic E-state index is -1.84. The van der Waals surface area contributed by atoms with Crippen molar-refractivity contribution in [2.45, 2.75) is 18.5 Å². The van der Waals surface area contributed by atoms with Gasteiger partial charge < -0.3 is 14.5 Å². The molecule has 0 N–H and O–H groups in total. The third-order valence-corrected chi connectivity index (χ3v) is 5.11. The van der Waals surface area contributed by atoms with Gasteiger partial charge in [-0.1, -0.05) is 6.07 Å². The Kier molecular flexibility index (Phi) is 4.44. The van der Waals surface area contributed by atoms with E-state index in [1.54, 1.807) is 15.9 Å². The molecule has 2 amide bonds. The van der Waals surface area contributed by atoms with Gasteiger partial charge in [0.15, 0.2) is 5.67 Å². The molecule has 0 aliphatic carbocycles. The summed E-state index contributed by atoms with van der Waals surface area (Å²) >= 11 is 1.38. The second kappa shape index (κ2) is 6.34. The zero-order chi connectivity index (χ0) is 15.6. The van der Waals surface area contributed by atoms with Crippen LogP contribution in [0, 0.1) is 0 Å². The van der Waals surface area contributed by atoms with Crippen molar-refractivity contribution in [2.24, 2.45) is 0 Å². The topological polar surface area (TPSA) is 49.9 Å². The molecule has 2 saturated heterocycles. The molecule has 0 spiro atoms. The molecule has 2 fully saturated rings. The second-order valence-electron chi connectivity index (χ2n) is 5.64. The number of alkyl halides is 1. The Morgan fingerprint density at radius 1 is 1.14 bits per heavy atom. The van der Waals surface area contributed by atoms with Crippen LogP contribution in [-0.4, -0.2) is 66.7 Å². The molecule has 22 heavy (non-hydrogen) atoms. The third kappa shape index (κ3) is 3.01. The average Bonchev–Trinajstić information content (AvgIpc) is 3.09.